The largest absolute Gasteiger partial charge is 0.481 e. The zero-order valence-electron chi connectivity index (χ0n) is 16.3. The summed E-state index contributed by atoms with van der Waals surface area (Å²) in [5.41, 5.74) is 1.64. The van der Waals surface area contributed by atoms with Gasteiger partial charge < -0.3 is 9.84 Å². The molecule has 0 bridgehead atoms. The van der Waals surface area contributed by atoms with Crippen LogP contribution in [0.5, 0.6) is 0 Å². The highest BCUT2D eigenvalue weighted by molar-refractivity contribution is 5.71. The number of hydrogen-bond donors (Lipinski definition) is 1. The summed E-state index contributed by atoms with van der Waals surface area (Å²) in [7, 11) is 0. The van der Waals surface area contributed by atoms with Crippen LogP contribution in [-0.4, -0.2) is 23.1 Å². The molecule has 4 rings (SSSR count). The molecular weight excluding hydrogens is 328 g/mol. The van der Waals surface area contributed by atoms with Crippen LogP contribution in [0.15, 0.2) is 11.6 Å². The minimum Gasteiger partial charge on any atom is -0.481 e. The van der Waals surface area contributed by atoms with Gasteiger partial charge in [0.25, 0.3) is 0 Å². The SMILES string of the molecule is CC(=O)OC1CCC2=CC[C@H]3[C@@H]4CC[C@H](C(=O)O)[C@@]4(C)CC[C@@H]3[C@@]2(C)C1. The van der Waals surface area contributed by atoms with E-state index in [-0.39, 0.29) is 28.8 Å². The average Bonchev–Trinajstić information content (AvgIpc) is 2.91. The van der Waals surface area contributed by atoms with E-state index < -0.39 is 5.97 Å². The Balaban J connectivity index is 1.61. The van der Waals surface area contributed by atoms with Crippen molar-refractivity contribution in [2.24, 2.45) is 34.5 Å². The number of fused-ring (bicyclic) bond motifs is 5. The number of allylic oxidation sites excluding steroid dienone is 2. The molecule has 0 saturated heterocycles. The van der Waals surface area contributed by atoms with Crippen LogP contribution in [0.2, 0.25) is 0 Å². The predicted octanol–water partition coefficient (Wildman–Crippen LogP) is 4.58. The smallest absolute Gasteiger partial charge is 0.307 e. The summed E-state index contributed by atoms with van der Waals surface area (Å²) in [5.74, 6) is 0.765. The van der Waals surface area contributed by atoms with Crippen molar-refractivity contribution in [3.05, 3.63) is 11.6 Å². The molecule has 0 heterocycles. The van der Waals surface area contributed by atoms with Crippen molar-refractivity contribution in [3.8, 4) is 0 Å². The number of aliphatic carboxylic acids is 1. The van der Waals surface area contributed by atoms with Crippen molar-refractivity contribution in [2.45, 2.75) is 78.2 Å². The highest BCUT2D eigenvalue weighted by Crippen LogP contribution is 2.66. The molecule has 3 fully saturated rings. The fourth-order valence-electron chi connectivity index (χ4n) is 7.46. The third-order valence-electron chi connectivity index (χ3n) is 8.64. The van der Waals surface area contributed by atoms with Crippen LogP contribution < -0.4 is 0 Å². The number of rotatable bonds is 2. The molecule has 0 spiro atoms. The molecule has 26 heavy (non-hydrogen) atoms. The van der Waals surface area contributed by atoms with E-state index in [0.717, 1.165) is 51.4 Å². The zero-order chi connectivity index (χ0) is 18.7. The molecule has 1 N–H and O–H groups in total. The number of carboxylic acid groups (broad SMARTS) is 1. The lowest BCUT2D eigenvalue weighted by molar-refractivity contribution is -0.151. The maximum atomic E-state index is 11.8. The Morgan fingerprint density at radius 1 is 1.15 bits per heavy atom. The van der Waals surface area contributed by atoms with E-state index in [4.69, 9.17) is 4.74 Å². The normalized spacial score (nSPS) is 47.2. The van der Waals surface area contributed by atoms with Crippen LogP contribution >= 0.6 is 0 Å². The fourth-order valence-corrected chi connectivity index (χ4v) is 7.46. The van der Waals surface area contributed by atoms with Gasteiger partial charge in [-0.3, -0.25) is 9.59 Å². The maximum absolute atomic E-state index is 11.8. The number of ether oxygens (including phenoxy) is 1. The number of carbonyl (C=O) groups excluding carboxylic acids is 1. The van der Waals surface area contributed by atoms with Gasteiger partial charge in [-0.25, -0.2) is 0 Å². The van der Waals surface area contributed by atoms with Gasteiger partial charge >= 0.3 is 11.9 Å². The standard InChI is InChI=1S/C22H32O4/c1-13(23)26-15-6-4-14-5-7-16-17-8-9-19(20(24)25)21(17,2)11-10-18(16)22(14,3)12-15/h5,15-19H,4,6-12H2,1-3H3,(H,24,25)/t15?,16-,17-,18-,19+,21-,22-/m0/s1. The molecule has 0 aromatic rings. The van der Waals surface area contributed by atoms with Crippen molar-refractivity contribution < 1.29 is 19.4 Å². The Morgan fingerprint density at radius 3 is 2.62 bits per heavy atom. The lowest BCUT2D eigenvalue weighted by atomic mass is 9.47. The van der Waals surface area contributed by atoms with Crippen molar-refractivity contribution in [3.63, 3.8) is 0 Å². The quantitative estimate of drug-likeness (QED) is 0.578. The minimum absolute atomic E-state index is 0.0389. The lowest BCUT2D eigenvalue weighted by Crippen LogP contribution is -2.51. The van der Waals surface area contributed by atoms with Gasteiger partial charge in [-0.2, -0.15) is 0 Å². The number of carboxylic acids is 1. The van der Waals surface area contributed by atoms with Crippen molar-refractivity contribution in [1.82, 2.24) is 0 Å². The number of carbonyl (C=O) groups is 2. The second-order valence-electron chi connectivity index (χ2n) is 9.75. The Kier molecular flexibility index (Phi) is 4.24. The summed E-state index contributed by atoms with van der Waals surface area (Å²) >= 11 is 0. The van der Waals surface area contributed by atoms with Gasteiger partial charge in [-0.05, 0) is 80.0 Å². The number of esters is 1. The molecule has 3 saturated carbocycles. The van der Waals surface area contributed by atoms with Gasteiger partial charge in [0, 0.05) is 6.92 Å². The van der Waals surface area contributed by atoms with Crippen LogP contribution in [0, 0.1) is 34.5 Å². The highest BCUT2D eigenvalue weighted by Gasteiger charge is 2.60. The van der Waals surface area contributed by atoms with Crippen LogP contribution in [0.1, 0.15) is 72.1 Å². The molecule has 4 nitrogen and oxygen atoms in total. The van der Waals surface area contributed by atoms with E-state index in [2.05, 4.69) is 19.9 Å². The van der Waals surface area contributed by atoms with Gasteiger partial charge in [0.15, 0.2) is 0 Å². The Hall–Kier alpha value is -1.32. The van der Waals surface area contributed by atoms with Gasteiger partial charge in [-0.15, -0.1) is 0 Å². The Morgan fingerprint density at radius 2 is 1.92 bits per heavy atom. The second-order valence-corrected chi connectivity index (χ2v) is 9.75. The molecule has 0 aliphatic heterocycles. The van der Waals surface area contributed by atoms with Crippen LogP contribution in [0.3, 0.4) is 0 Å². The van der Waals surface area contributed by atoms with Gasteiger partial charge in [0.2, 0.25) is 0 Å². The zero-order valence-corrected chi connectivity index (χ0v) is 16.3. The second kappa shape index (κ2) is 6.10. The molecule has 0 radical (unpaired) electrons. The van der Waals surface area contributed by atoms with Gasteiger partial charge in [0.05, 0.1) is 5.92 Å². The van der Waals surface area contributed by atoms with E-state index in [1.807, 2.05) is 0 Å². The average molecular weight is 360 g/mol. The van der Waals surface area contributed by atoms with Crippen LogP contribution in [0.25, 0.3) is 0 Å². The van der Waals surface area contributed by atoms with Crippen LogP contribution in [0.4, 0.5) is 0 Å². The third kappa shape index (κ3) is 2.55. The fraction of sp³-hybridized carbons (Fsp3) is 0.818. The lowest BCUT2D eigenvalue weighted by Gasteiger charge is -2.58. The summed E-state index contributed by atoms with van der Waals surface area (Å²) in [6.07, 6.45) is 10.6. The molecule has 4 heteroatoms. The first-order valence-corrected chi connectivity index (χ1v) is 10.4. The van der Waals surface area contributed by atoms with E-state index in [1.54, 1.807) is 5.57 Å². The van der Waals surface area contributed by atoms with Gasteiger partial charge in [0.1, 0.15) is 6.10 Å². The summed E-state index contributed by atoms with van der Waals surface area (Å²) < 4.78 is 5.60. The first-order chi connectivity index (χ1) is 12.3. The van der Waals surface area contributed by atoms with E-state index in [9.17, 15) is 14.7 Å². The monoisotopic (exact) mass is 360 g/mol. The summed E-state index contributed by atoms with van der Waals surface area (Å²) in [5, 5.41) is 9.71. The van der Waals surface area contributed by atoms with Crippen molar-refractivity contribution in [1.29, 1.82) is 0 Å². The minimum atomic E-state index is -0.598. The molecule has 0 amide bonds. The summed E-state index contributed by atoms with van der Waals surface area (Å²) in [4.78, 5) is 23.3. The summed E-state index contributed by atoms with van der Waals surface area (Å²) in [6.45, 7) is 6.13. The Labute approximate surface area is 156 Å². The maximum Gasteiger partial charge on any atom is 0.307 e. The first kappa shape index (κ1) is 18.1. The third-order valence-corrected chi connectivity index (χ3v) is 8.64. The molecule has 0 aromatic heterocycles. The summed E-state index contributed by atoms with van der Waals surface area (Å²) in [6, 6.07) is 0. The van der Waals surface area contributed by atoms with E-state index in [1.165, 1.54) is 6.92 Å². The number of hydrogen-bond acceptors (Lipinski definition) is 3. The topological polar surface area (TPSA) is 63.6 Å². The highest BCUT2D eigenvalue weighted by atomic mass is 16.5. The van der Waals surface area contributed by atoms with E-state index in [0.29, 0.717) is 17.8 Å². The molecule has 4 aliphatic rings. The molecule has 7 atom stereocenters. The molecule has 144 valence electrons. The van der Waals surface area contributed by atoms with Crippen molar-refractivity contribution >= 4 is 11.9 Å². The first-order valence-electron chi connectivity index (χ1n) is 10.4. The predicted molar refractivity (Wildman–Crippen MR) is 98.4 cm³/mol. The molecule has 0 aromatic carbocycles. The van der Waals surface area contributed by atoms with Crippen LogP contribution in [-0.2, 0) is 14.3 Å². The van der Waals surface area contributed by atoms with Gasteiger partial charge in [-0.1, -0.05) is 25.5 Å². The van der Waals surface area contributed by atoms with Crippen molar-refractivity contribution in [2.75, 3.05) is 0 Å². The van der Waals surface area contributed by atoms with E-state index >= 15 is 0 Å². The molecular formula is C22H32O4. The Bertz CT molecular complexity index is 653. The molecule has 1 unspecified atom stereocenters. The molecule has 4 aliphatic carbocycles.